The van der Waals surface area contributed by atoms with Crippen LogP contribution in [0.2, 0.25) is 0 Å². The summed E-state index contributed by atoms with van der Waals surface area (Å²) in [5.74, 6) is -1.01. The van der Waals surface area contributed by atoms with Crippen LogP contribution in [0.4, 0.5) is 4.79 Å². The van der Waals surface area contributed by atoms with Gasteiger partial charge in [-0.05, 0) is 13.3 Å². The van der Waals surface area contributed by atoms with Crippen LogP contribution in [0.1, 0.15) is 20.3 Å². The Morgan fingerprint density at radius 2 is 2.00 bits per heavy atom. The second-order valence-corrected chi connectivity index (χ2v) is 2.30. The molecule has 0 radical (unpaired) electrons. The molecule has 0 aliphatic rings. The van der Waals surface area contributed by atoms with Gasteiger partial charge in [0.15, 0.2) is 0 Å². The molecule has 0 aliphatic carbocycles. The minimum Gasteiger partial charge on any atom is -0.480 e. The normalized spacial score (nSPS) is 11.8. The maximum Gasteiger partial charge on any atom is 0.326 e. The lowest BCUT2D eigenvalue weighted by Gasteiger charge is -2.11. The zero-order chi connectivity index (χ0) is 9.56. The summed E-state index contributed by atoms with van der Waals surface area (Å²) in [5.41, 5.74) is 0. The van der Waals surface area contributed by atoms with Crippen molar-refractivity contribution in [3.05, 3.63) is 0 Å². The number of hydrogen-bond donors (Lipinski definition) is 3. The molecule has 3 N–H and O–H groups in total. The fourth-order valence-electron chi connectivity index (χ4n) is 0.708. The molecule has 0 aromatic heterocycles. The molecule has 0 spiro atoms. The number of amides is 2. The topological polar surface area (TPSA) is 78.4 Å². The second-order valence-electron chi connectivity index (χ2n) is 2.30. The van der Waals surface area contributed by atoms with E-state index in [1.54, 1.807) is 13.8 Å². The summed E-state index contributed by atoms with van der Waals surface area (Å²) in [4.78, 5) is 21.3. The van der Waals surface area contributed by atoms with Crippen LogP contribution in [-0.4, -0.2) is 29.7 Å². The largest absolute Gasteiger partial charge is 0.480 e. The highest BCUT2D eigenvalue weighted by atomic mass is 16.4. The number of urea groups is 1. The van der Waals surface area contributed by atoms with Crippen molar-refractivity contribution in [1.82, 2.24) is 10.6 Å². The Bertz CT molecular complexity index is 170. The van der Waals surface area contributed by atoms with E-state index >= 15 is 0 Å². The molecule has 0 bridgehead atoms. The predicted octanol–water partition coefficient (Wildman–Crippen LogP) is 0.169. The lowest BCUT2D eigenvalue weighted by Crippen LogP contribution is -2.45. The van der Waals surface area contributed by atoms with Crippen LogP contribution in [-0.2, 0) is 4.79 Å². The van der Waals surface area contributed by atoms with E-state index in [2.05, 4.69) is 10.6 Å². The molecule has 0 aromatic carbocycles. The van der Waals surface area contributed by atoms with Crippen LogP contribution in [0.5, 0.6) is 0 Å². The number of aliphatic carboxylic acids is 1. The molecule has 0 aliphatic heterocycles. The van der Waals surface area contributed by atoms with Gasteiger partial charge in [0.25, 0.3) is 0 Å². The third-order valence-electron chi connectivity index (χ3n) is 1.35. The molecule has 12 heavy (non-hydrogen) atoms. The summed E-state index contributed by atoms with van der Waals surface area (Å²) in [6, 6.07) is -1.23. The fraction of sp³-hybridized carbons (Fsp3) is 0.714. The summed E-state index contributed by atoms with van der Waals surface area (Å²) in [5, 5.41) is 13.3. The molecule has 1 unspecified atom stereocenters. The Morgan fingerprint density at radius 3 is 2.33 bits per heavy atom. The smallest absolute Gasteiger partial charge is 0.326 e. The van der Waals surface area contributed by atoms with E-state index in [0.717, 1.165) is 0 Å². The minimum absolute atomic E-state index is 0.381. The molecule has 0 rings (SSSR count). The van der Waals surface area contributed by atoms with Gasteiger partial charge >= 0.3 is 12.0 Å². The van der Waals surface area contributed by atoms with E-state index in [1.165, 1.54) is 0 Å². The van der Waals surface area contributed by atoms with Gasteiger partial charge in [-0.15, -0.1) is 0 Å². The molecule has 0 fully saturated rings. The highest BCUT2D eigenvalue weighted by Crippen LogP contribution is 1.89. The molecule has 1 atom stereocenters. The average molecular weight is 174 g/mol. The van der Waals surface area contributed by atoms with E-state index in [9.17, 15) is 9.59 Å². The van der Waals surface area contributed by atoms with Crippen molar-refractivity contribution < 1.29 is 14.7 Å². The van der Waals surface area contributed by atoms with E-state index in [0.29, 0.717) is 13.0 Å². The Kier molecular flexibility index (Phi) is 4.83. The summed E-state index contributed by atoms with van der Waals surface area (Å²) < 4.78 is 0. The highest BCUT2D eigenvalue weighted by Gasteiger charge is 2.16. The van der Waals surface area contributed by atoms with Gasteiger partial charge in [-0.25, -0.2) is 9.59 Å². The van der Waals surface area contributed by atoms with Gasteiger partial charge in [-0.2, -0.15) is 0 Å². The van der Waals surface area contributed by atoms with Crippen LogP contribution >= 0.6 is 0 Å². The van der Waals surface area contributed by atoms with Crippen molar-refractivity contribution in [2.45, 2.75) is 26.3 Å². The van der Waals surface area contributed by atoms with Crippen molar-refractivity contribution >= 4 is 12.0 Å². The van der Waals surface area contributed by atoms with E-state index < -0.39 is 18.0 Å². The van der Waals surface area contributed by atoms with Crippen molar-refractivity contribution in [2.24, 2.45) is 0 Å². The molecule has 0 saturated carbocycles. The van der Waals surface area contributed by atoms with Gasteiger partial charge in [0.05, 0.1) is 0 Å². The second kappa shape index (κ2) is 5.40. The van der Waals surface area contributed by atoms with Crippen LogP contribution in [0, 0.1) is 0 Å². The van der Waals surface area contributed by atoms with E-state index in [1.807, 2.05) is 0 Å². The standard InChI is InChI=1S/C7H14N2O3/c1-3-5(6(10)11)9-7(12)8-4-2/h5H,3-4H2,1-2H3,(H,10,11)(H2,8,9,12). The average Bonchev–Trinajstić information content (AvgIpc) is 2.00. The lowest BCUT2D eigenvalue weighted by atomic mass is 10.2. The first-order valence-corrected chi connectivity index (χ1v) is 3.89. The molecule has 5 heteroatoms. The van der Waals surface area contributed by atoms with Gasteiger partial charge < -0.3 is 15.7 Å². The number of carboxylic acid groups (broad SMARTS) is 1. The molecule has 0 aromatic rings. The maximum atomic E-state index is 10.8. The minimum atomic E-state index is -1.01. The van der Waals surface area contributed by atoms with Crippen LogP contribution in [0.25, 0.3) is 0 Å². The quantitative estimate of drug-likeness (QED) is 0.568. The Labute approximate surface area is 71.1 Å². The Morgan fingerprint density at radius 1 is 1.42 bits per heavy atom. The van der Waals surface area contributed by atoms with E-state index in [4.69, 9.17) is 5.11 Å². The lowest BCUT2D eigenvalue weighted by molar-refractivity contribution is -0.139. The number of hydrogen-bond acceptors (Lipinski definition) is 2. The van der Waals surface area contributed by atoms with E-state index in [-0.39, 0.29) is 0 Å². The van der Waals surface area contributed by atoms with Gasteiger partial charge in [0, 0.05) is 6.54 Å². The highest BCUT2D eigenvalue weighted by molar-refractivity contribution is 5.82. The number of nitrogens with one attached hydrogen (secondary N) is 2. The van der Waals surface area contributed by atoms with Crippen molar-refractivity contribution in [2.75, 3.05) is 6.54 Å². The fourth-order valence-corrected chi connectivity index (χ4v) is 0.708. The molecule has 70 valence electrons. The summed E-state index contributed by atoms with van der Waals surface area (Å²) in [7, 11) is 0. The van der Waals surface area contributed by atoms with Crippen LogP contribution in [0.3, 0.4) is 0 Å². The molecule has 2 amide bonds. The molecule has 0 heterocycles. The Balaban J connectivity index is 3.85. The molecule has 5 nitrogen and oxygen atoms in total. The van der Waals surface area contributed by atoms with Crippen LogP contribution in [0.15, 0.2) is 0 Å². The van der Waals surface area contributed by atoms with Gasteiger partial charge in [0.2, 0.25) is 0 Å². The Hall–Kier alpha value is -1.26. The maximum absolute atomic E-state index is 10.8. The van der Waals surface area contributed by atoms with Crippen molar-refractivity contribution in [1.29, 1.82) is 0 Å². The van der Waals surface area contributed by atoms with Gasteiger partial charge in [0.1, 0.15) is 6.04 Å². The van der Waals surface area contributed by atoms with Crippen LogP contribution < -0.4 is 10.6 Å². The SMILES string of the molecule is CCNC(=O)NC(CC)C(=O)O. The van der Waals surface area contributed by atoms with Crippen molar-refractivity contribution in [3.8, 4) is 0 Å². The molecular weight excluding hydrogens is 160 g/mol. The predicted molar refractivity (Wildman–Crippen MR) is 43.9 cm³/mol. The van der Waals surface area contributed by atoms with Crippen molar-refractivity contribution in [3.63, 3.8) is 0 Å². The third-order valence-corrected chi connectivity index (χ3v) is 1.35. The zero-order valence-electron chi connectivity index (χ0n) is 7.26. The monoisotopic (exact) mass is 174 g/mol. The third kappa shape index (κ3) is 3.80. The molecular formula is C7H14N2O3. The number of carbonyl (C=O) groups excluding carboxylic acids is 1. The first kappa shape index (κ1) is 10.7. The first-order chi connectivity index (χ1) is 5.61. The number of rotatable bonds is 4. The number of carbonyl (C=O) groups is 2. The number of carboxylic acids is 1. The zero-order valence-corrected chi connectivity index (χ0v) is 7.26. The summed E-state index contributed by atoms with van der Waals surface area (Å²) in [6.45, 7) is 3.95. The first-order valence-electron chi connectivity index (χ1n) is 3.89. The summed E-state index contributed by atoms with van der Waals surface area (Å²) in [6.07, 6.45) is 0.381. The summed E-state index contributed by atoms with van der Waals surface area (Å²) >= 11 is 0. The van der Waals surface area contributed by atoms with Gasteiger partial charge in [-0.3, -0.25) is 0 Å². The molecule has 0 saturated heterocycles. The van der Waals surface area contributed by atoms with Gasteiger partial charge in [-0.1, -0.05) is 6.92 Å².